The molecule has 0 amide bonds. The van der Waals surface area contributed by atoms with Crippen molar-refractivity contribution in [2.24, 2.45) is 0 Å². The average Bonchev–Trinajstić information content (AvgIpc) is 2.60. The van der Waals surface area contributed by atoms with E-state index in [-0.39, 0.29) is 11.9 Å². The summed E-state index contributed by atoms with van der Waals surface area (Å²) in [5.41, 5.74) is -0.134. The molecule has 2 rings (SSSR count). The third kappa shape index (κ3) is 2.66. The number of carboxylic acids is 1. The van der Waals surface area contributed by atoms with Crippen LogP contribution in [0.4, 0.5) is 5.95 Å². The summed E-state index contributed by atoms with van der Waals surface area (Å²) in [5.74, 6) is -0.823. The van der Waals surface area contributed by atoms with Gasteiger partial charge in [-0.15, -0.1) is 0 Å². The first-order valence-corrected chi connectivity index (χ1v) is 6.77. The average molecular weight is 261 g/mol. The van der Waals surface area contributed by atoms with Crippen molar-refractivity contribution in [3.63, 3.8) is 0 Å². The molecule has 2 heterocycles. The number of nitrogens with one attached hydrogen (secondary N) is 1. The summed E-state index contributed by atoms with van der Waals surface area (Å²) in [7, 11) is -4.13. The minimum absolute atomic E-state index is 0.134. The number of fused-ring (bicyclic) bond motifs is 1. The quantitative estimate of drug-likeness (QED) is 0.569. The maximum atomic E-state index is 11.0. The zero-order chi connectivity index (χ0) is 12.6. The highest BCUT2D eigenvalue weighted by atomic mass is 31.2. The van der Waals surface area contributed by atoms with E-state index in [1.165, 1.54) is 10.8 Å². The largest absolute Gasteiger partial charge is 0.476 e. The van der Waals surface area contributed by atoms with Gasteiger partial charge in [-0.2, -0.15) is 0 Å². The molecule has 0 saturated carbocycles. The molecule has 0 radical (unpaired) electrons. The predicted molar refractivity (Wildman–Crippen MR) is 58.2 cm³/mol. The number of aromatic carboxylic acids is 1. The van der Waals surface area contributed by atoms with Gasteiger partial charge in [-0.05, 0) is 6.42 Å². The minimum Gasteiger partial charge on any atom is -0.476 e. The second-order valence-corrected chi connectivity index (χ2v) is 5.57. The smallest absolute Gasteiger partial charge is 0.356 e. The van der Waals surface area contributed by atoms with Crippen molar-refractivity contribution in [2.75, 3.05) is 18.0 Å². The fraction of sp³-hybridized carbons (Fsp3) is 0.500. The number of rotatable bonds is 3. The topological polar surface area (TPSA) is 125 Å². The number of carbonyl (C=O) groups is 1. The molecule has 94 valence electrons. The van der Waals surface area contributed by atoms with Crippen molar-refractivity contribution in [1.82, 2.24) is 9.55 Å². The molecule has 1 aliphatic heterocycles. The number of anilines is 1. The molecule has 9 heteroatoms. The van der Waals surface area contributed by atoms with Gasteiger partial charge in [0.15, 0.2) is 5.69 Å². The Balaban J connectivity index is 2.31. The minimum atomic E-state index is -4.13. The van der Waals surface area contributed by atoms with E-state index < -0.39 is 19.6 Å². The summed E-state index contributed by atoms with van der Waals surface area (Å²) < 4.78 is 12.5. The molecule has 4 N–H and O–H groups in total. The molecule has 1 atom stereocenters. The van der Waals surface area contributed by atoms with E-state index in [0.717, 1.165) is 0 Å². The van der Waals surface area contributed by atoms with Gasteiger partial charge in [0.1, 0.15) is 0 Å². The van der Waals surface area contributed by atoms with Crippen LogP contribution in [0.25, 0.3) is 0 Å². The van der Waals surface area contributed by atoms with Crippen molar-refractivity contribution in [2.45, 2.75) is 12.5 Å². The van der Waals surface area contributed by atoms with Crippen LogP contribution >= 0.6 is 7.60 Å². The van der Waals surface area contributed by atoms with Gasteiger partial charge in [-0.3, -0.25) is 4.57 Å². The van der Waals surface area contributed by atoms with Gasteiger partial charge in [-0.25, -0.2) is 9.78 Å². The molecule has 17 heavy (non-hydrogen) atoms. The molecule has 0 aromatic carbocycles. The molecule has 0 fully saturated rings. The molecule has 0 bridgehead atoms. The Hall–Kier alpha value is -1.37. The fourth-order valence-corrected chi connectivity index (χ4v) is 2.76. The molecule has 0 unspecified atom stereocenters. The lowest BCUT2D eigenvalue weighted by atomic mass is 10.2. The summed E-state index contributed by atoms with van der Waals surface area (Å²) >= 11 is 0. The zero-order valence-electron chi connectivity index (χ0n) is 8.78. The van der Waals surface area contributed by atoms with E-state index in [9.17, 15) is 9.36 Å². The van der Waals surface area contributed by atoms with Crippen LogP contribution in [0.15, 0.2) is 6.20 Å². The van der Waals surface area contributed by atoms with E-state index >= 15 is 0 Å². The van der Waals surface area contributed by atoms with Crippen LogP contribution in [0, 0.1) is 0 Å². The van der Waals surface area contributed by atoms with Gasteiger partial charge < -0.3 is 24.8 Å². The zero-order valence-corrected chi connectivity index (χ0v) is 9.67. The number of imidazole rings is 1. The molecule has 0 aliphatic carbocycles. The van der Waals surface area contributed by atoms with Gasteiger partial charge in [-0.1, -0.05) is 0 Å². The molecule has 0 saturated heterocycles. The lowest BCUT2D eigenvalue weighted by Crippen LogP contribution is -2.24. The van der Waals surface area contributed by atoms with Crippen LogP contribution in [0.3, 0.4) is 0 Å². The highest BCUT2D eigenvalue weighted by molar-refractivity contribution is 7.51. The Morgan fingerprint density at radius 1 is 1.65 bits per heavy atom. The van der Waals surface area contributed by atoms with E-state index in [1.807, 2.05) is 0 Å². The Labute approximate surface area is 96.4 Å². The monoisotopic (exact) mass is 261 g/mol. The third-order valence-electron chi connectivity index (χ3n) is 2.55. The summed E-state index contributed by atoms with van der Waals surface area (Å²) in [6.07, 6.45) is 1.51. The van der Waals surface area contributed by atoms with Gasteiger partial charge >= 0.3 is 13.6 Å². The van der Waals surface area contributed by atoms with Crippen LogP contribution < -0.4 is 5.32 Å². The van der Waals surface area contributed by atoms with Crippen LogP contribution in [0.1, 0.15) is 23.0 Å². The third-order valence-corrected chi connectivity index (χ3v) is 3.45. The van der Waals surface area contributed by atoms with Crippen molar-refractivity contribution in [3.05, 3.63) is 11.9 Å². The number of nitrogens with zero attached hydrogens (tertiary/aromatic N) is 2. The SMILES string of the molecule is O=C(O)c1cn2c(n1)NCC[C@H]2CP(=O)(O)O. The maximum Gasteiger partial charge on any atom is 0.356 e. The Morgan fingerprint density at radius 2 is 2.35 bits per heavy atom. The molecule has 1 aromatic rings. The predicted octanol–water partition coefficient (Wildman–Crippen LogP) is 0.116. The lowest BCUT2D eigenvalue weighted by molar-refractivity contribution is 0.0691. The summed E-state index contributed by atoms with van der Waals surface area (Å²) in [5, 5.41) is 11.7. The standard InChI is InChI=1S/C8H12N3O5P/c12-7(13)6-3-11-5(4-17(14,15)16)1-2-9-8(11)10-6/h3,5H,1-2,4H2,(H,9,10)(H,12,13)(H2,14,15,16)/t5-/m0/s1. The second kappa shape index (κ2) is 4.14. The van der Waals surface area contributed by atoms with Crippen molar-refractivity contribution in [3.8, 4) is 0 Å². The van der Waals surface area contributed by atoms with Crippen molar-refractivity contribution < 1.29 is 24.3 Å². The van der Waals surface area contributed by atoms with Gasteiger partial charge in [0.05, 0.1) is 6.16 Å². The van der Waals surface area contributed by atoms with Crippen LogP contribution in [-0.4, -0.2) is 43.1 Å². The molecule has 8 nitrogen and oxygen atoms in total. The summed E-state index contributed by atoms with van der Waals surface area (Å²) in [6, 6.07) is -0.423. The first kappa shape index (κ1) is 12.1. The van der Waals surface area contributed by atoms with E-state index in [4.69, 9.17) is 14.9 Å². The lowest BCUT2D eigenvalue weighted by Gasteiger charge is -2.25. The number of aromatic nitrogens is 2. The van der Waals surface area contributed by atoms with Gasteiger partial charge in [0.25, 0.3) is 0 Å². The van der Waals surface area contributed by atoms with E-state index in [0.29, 0.717) is 18.9 Å². The summed E-state index contributed by atoms with van der Waals surface area (Å²) in [4.78, 5) is 32.5. The highest BCUT2D eigenvalue weighted by Gasteiger charge is 2.28. The number of carboxylic acid groups (broad SMARTS) is 1. The maximum absolute atomic E-state index is 11.0. The Kier molecular flexibility index (Phi) is 2.94. The first-order valence-electron chi connectivity index (χ1n) is 4.97. The molecular weight excluding hydrogens is 249 g/mol. The Bertz CT molecular complexity index is 493. The number of hydrogen-bond acceptors (Lipinski definition) is 4. The molecular formula is C8H12N3O5P. The summed E-state index contributed by atoms with van der Waals surface area (Å²) in [6.45, 7) is 0.515. The number of hydrogen-bond donors (Lipinski definition) is 4. The van der Waals surface area contributed by atoms with Crippen molar-refractivity contribution >= 4 is 19.5 Å². The van der Waals surface area contributed by atoms with Crippen molar-refractivity contribution in [1.29, 1.82) is 0 Å². The Morgan fingerprint density at radius 3 is 2.94 bits per heavy atom. The second-order valence-electron chi connectivity index (χ2n) is 3.88. The van der Waals surface area contributed by atoms with Crippen LogP contribution in [-0.2, 0) is 4.57 Å². The van der Waals surface area contributed by atoms with Gasteiger partial charge in [0.2, 0.25) is 5.95 Å². The fourth-order valence-electron chi connectivity index (χ4n) is 1.85. The first-order chi connectivity index (χ1) is 7.87. The van der Waals surface area contributed by atoms with Gasteiger partial charge in [0, 0.05) is 18.8 Å². The van der Waals surface area contributed by atoms with Crippen LogP contribution in [0.2, 0.25) is 0 Å². The molecule has 0 spiro atoms. The molecule has 1 aliphatic rings. The molecule has 1 aromatic heterocycles. The van der Waals surface area contributed by atoms with E-state index in [2.05, 4.69) is 10.3 Å². The van der Waals surface area contributed by atoms with Crippen LogP contribution in [0.5, 0.6) is 0 Å². The highest BCUT2D eigenvalue weighted by Crippen LogP contribution is 2.41. The normalized spacial score (nSPS) is 19.5. The van der Waals surface area contributed by atoms with E-state index in [1.54, 1.807) is 0 Å².